The van der Waals surface area contributed by atoms with Crippen molar-refractivity contribution in [3.63, 3.8) is 0 Å². The standard InChI is InChI=1S/C17H25N3/c1-13(2)8-9-20(16-5-6-16)17-7-4-14(12-19-3)10-15(17)11-18/h4,7,10,13,16,19H,5-6,8-9,12H2,1-3H3. The number of anilines is 1. The summed E-state index contributed by atoms with van der Waals surface area (Å²) in [5.41, 5.74) is 3.11. The number of hydrogen-bond acceptors (Lipinski definition) is 3. The highest BCUT2D eigenvalue weighted by molar-refractivity contribution is 5.61. The maximum Gasteiger partial charge on any atom is 0.101 e. The van der Waals surface area contributed by atoms with Crippen LogP contribution in [0, 0.1) is 17.2 Å². The van der Waals surface area contributed by atoms with Crippen molar-refractivity contribution in [1.82, 2.24) is 5.32 Å². The molecule has 0 aliphatic heterocycles. The van der Waals surface area contributed by atoms with E-state index in [1.54, 1.807) is 0 Å². The van der Waals surface area contributed by atoms with Gasteiger partial charge in [-0.15, -0.1) is 0 Å². The van der Waals surface area contributed by atoms with Crippen LogP contribution in [0.25, 0.3) is 0 Å². The van der Waals surface area contributed by atoms with E-state index in [0.717, 1.165) is 24.3 Å². The van der Waals surface area contributed by atoms with Gasteiger partial charge in [0.25, 0.3) is 0 Å². The number of hydrogen-bond donors (Lipinski definition) is 1. The zero-order chi connectivity index (χ0) is 14.5. The zero-order valence-corrected chi connectivity index (χ0v) is 12.8. The summed E-state index contributed by atoms with van der Waals surface area (Å²) in [4.78, 5) is 2.45. The molecule has 0 saturated heterocycles. The fraction of sp³-hybridized carbons (Fsp3) is 0.588. The monoisotopic (exact) mass is 271 g/mol. The number of nitriles is 1. The predicted molar refractivity (Wildman–Crippen MR) is 83.7 cm³/mol. The van der Waals surface area contributed by atoms with Crippen LogP contribution in [0.5, 0.6) is 0 Å². The molecule has 1 fully saturated rings. The third kappa shape index (κ3) is 3.74. The van der Waals surface area contributed by atoms with E-state index in [2.05, 4.69) is 42.3 Å². The normalized spacial score (nSPS) is 14.3. The molecule has 0 aromatic heterocycles. The molecular weight excluding hydrogens is 246 g/mol. The van der Waals surface area contributed by atoms with Gasteiger partial charge in [0.1, 0.15) is 6.07 Å². The summed E-state index contributed by atoms with van der Waals surface area (Å²) in [5, 5.41) is 12.6. The lowest BCUT2D eigenvalue weighted by Crippen LogP contribution is -2.28. The van der Waals surface area contributed by atoms with Crippen molar-refractivity contribution in [2.75, 3.05) is 18.5 Å². The summed E-state index contributed by atoms with van der Waals surface area (Å²) in [7, 11) is 1.93. The molecule has 0 atom stereocenters. The van der Waals surface area contributed by atoms with Crippen LogP contribution in [0.3, 0.4) is 0 Å². The minimum absolute atomic E-state index is 0.649. The summed E-state index contributed by atoms with van der Waals surface area (Å²) in [6, 6.07) is 9.31. The fourth-order valence-electron chi connectivity index (χ4n) is 2.52. The van der Waals surface area contributed by atoms with Gasteiger partial charge in [-0.2, -0.15) is 5.26 Å². The van der Waals surface area contributed by atoms with E-state index < -0.39 is 0 Å². The molecule has 20 heavy (non-hydrogen) atoms. The SMILES string of the molecule is CNCc1ccc(N(CCC(C)C)C2CC2)c(C#N)c1. The predicted octanol–water partition coefficient (Wildman–Crippen LogP) is 3.29. The first-order chi connectivity index (χ1) is 9.65. The van der Waals surface area contributed by atoms with Gasteiger partial charge in [-0.25, -0.2) is 0 Å². The number of rotatable bonds is 7. The van der Waals surface area contributed by atoms with Gasteiger partial charge in [0.05, 0.1) is 11.3 Å². The average Bonchev–Trinajstić information content (AvgIpc) is 3.24. The van der Waals surface area contributed by atoms with Crippen LogP contribution in [-0.2, 0) is 6.54 Å². The molecule has 0 unspecified atom stereocenters. The van der Waals surface area contributed by atoms with Crippen molar-refractivity contribution in [3.8, 4) is 6.07 Å². The van der Waals surface area contributed by atoms with Gasteiger partial charge in [0.15, 0.2) is 0 Å². The van der Waals surface area contributed by atoms with Crippen molar-refractivity contribution in [2.24, 2.45) is 5.92 Å². The molecule has 0 bridgehead atoms. The molecule has 0 radical (unpaired) electrons. The number of nitrogens with zero attached hydrogens (tertiary/aromatic N) is 2. The Hall–Kier alpha value is -1.53. The highest BCUT2D eigenvalue weighted by Gasteiger charge is 2.30. The van der Waals surface area contributed by atoms with Gasteiger partial charge in [-0.3, -0.25) is 0 Å². The lowest BCUT2D eigenvalue weighted by atomic mass is 10.1. The maximum atomic E-state index is 9.44. The Morgan fingerprint density at radius 3 is 2.70 bits per heavy atom. The Morgan fingerprint density at radius 1 is 1.40 bits per heavy atom. The zero-order valence-electron chi connectivity index (χ0n) is 12.8. The third-order valence-electron chi connectivity index (χ3n) is 3.81. The van der Waals surface area contributed by atoms with Gasteiger partial charge in [-0.05, 0) is 49.9 Å². The van der Waals surface area contributed by atoms with E-state index in [9.17, 15) is 5.26 Å². The van der Waals surface area contributed by atoms with Crippen LogP contribution >= 0.6 is 0 Å². The Morgan fingerprint density at radius 2 is 2.15 bits per heavy atom. The molecule has 2 rings (SSSR count). The number of nitrogens with one attached hydrogen (secondary N) is 1. The highest BCUT2D eigenvalue weighted by Crippen LogP contribution is 2.34. The van der Waals surface area contributed by atoms with Crippen molar-refractivity contribution in [2.45, 2.75) is 45.7 Å². The van der Waals surface area contributed by atoms with E-state index in [1.165, 1.54) is 24.8 Å². The summed E-state index contributed by atoms with van der Waals surface area (Å²) in [6.45, 7) is 6.38. The Kier molecular flexibility index (Phi) is 5.03. The van der Waals surface area contributed by atoms with Gasteiger partial charge in [0.2, 0.25) is 0 Å². The van der Waals surface area contributed by atoms with Crippen molar-refractivity contribution >= 4 is 5.69 Å². The lowest BCUT2D eigenvalue weighted by molar-refractivity contribution is 0.570. The molecule has 1 aromatic rings. The molecule has 1 aromatic carbocycles. The second kappa shape index (κ2) is 6.76. The molecule has 0 heterocycles. The van der Waals surface area contributed by atoms with Crippen molar-refractivity contribution in [1.29, 1.82) is 5.26 Å². The Bertz CT molecular complexity index is 483. The topological polar surface area (TPSA) is 39.1 Å². The van der Waals surface area contributed by atoms with Crippen LogP contribution in [0.2, 0.25) is 0 Å². The summed E-state index contributed by atoms with van der Waals surface area (Å²) in [5.74, 6) is 0.699. The van der Waals surface area contributed by atoms with Crippen LogP contribution in [0.15, 0.2) is 18.2 Å². The molecular formula is C17H25N3. The maximum absolute atomic E-state index is 9.44. The summed E-state index contributed by atoms with van der Waals surface area (Å²) < 4.78 is 0. The molecule has 1 aliphatic rings. The minimum Gasteiger partial charge on any atom is -0.367 e. The van der Waals surface area contributed by atoms with Crippen LogP contribution < -0.4 is 10.2 Å². The lowest BCUT2D eigenvalue weighted by Gasteiger charge is -2.27. The Balaban J connectivity index is 2.21. The molecule has 1 N–H and O–H groups in total. The Labute approximate surface area is 122 Å². The van der Waals surface area contributed by atoms with Crippen LogP contribution in [0.4, 0.5) is 5.69 Å². The van der Waals surface area contributed by atoms with E-state index in [-0.39, 0.29) is 0 Å². The molecule has 1 aliphatic carbocycles. The molecule has 0 amide bonds. The van der Waals surface area contributed by atoms with Crippen LogP contribution in [-0.4, -0.2) is 19.6 Å². The first-order valence-electron chi connectivity index (χ1n) is 7.60. The molecule has 0 spiro atoms. The quantitative estimate of drug-likeness (QED) is 0.827. The van der Waals surface area contributed by atoms with Crippen molar-refractivity contribution < 1.29 is 0 Å². The highest BCUT2D eigenvalue weighted by atomic mass is 15.2. The summed E-state index contributed by atoms with van der Waals surface area (Å²) in [6.07, 6.45) is 3.71. The average molecular weight is 271 g/mol. The fourth-order valence-corrected chi connectivity index (χ4v) is 2.52. The van der Waals surface area contributed by atoms with E-state index in [4.69, 9.17) is 0 Å². The van der Waals surface area contributed by atoms with E-state index >= 15 is 0 Å². The minimum atomic E-state index is 0.649. The van der Waals surface area contributed by atoms with Gasteiger partial charge >= 0.3 is 0 Å². The summed E-state index contributed by atoms with van der Waals surface area (Å²) >= 11 is 0. The molecule has 1 saturated carbocycles. The van der Waals surface area contributed by atoms with Crippen molar-refractivity contribution in [3.05, 3.63) is 29.3 Å². The smallest absolute Gasteiger partial charge is 0.101 e. The largest absolute Gasteiger partial charge is 0.367 e. The van der Waals surface area contributed by atoms with Gasteiger partial charge in [0, 0.05) is 19.1 Å². The molecule has 3 nitrogen and oxygen atoms in total. The first kappa shape index (κ1) is 14.9. The first-order valence-corrected chi connectivity index (χ1v) is 7.60. The van der Waals surface area contributed by atoms with Gasteiger partial charge in [-0.1, -0.05) is 19.9 Å². The number of benzene rings is 1. The second-order valence-electron chi connectivity index (χ2n) is 6.10. The van der Waals surface area contributed by atoms with Crippen LogP contribution in [0.1, 0.15) is 44.2 Å². The van der Waals surface area contributed by atoms with E-state index in [0.29, 0.717) is 12.0 Å². The van der Waals surface area contributed by atoms with E-state index in [1.807, 2.05) is 13.1 Å². The third-order valence-corrected chi connectivity index (χ3v) is 3.81. The second-order valence-corrected chi connectivity index (χ2v) is 6.10. The molecule has 108 valence electrons. The molecule has 3 heteroatoms. The van der Waals surface area contributed by atoms with Gasteiger partial charge < -0.3 is 10.2 Å².